The Labute approximate surface area is 127 Å². The Morgan fingerprint density at radius 2 is 1.82 bits per heavy atom. The van der Waals surface area contributed by atoms with Crippen molar-refractivity contribution in [1.82, 2.24) is 9.55 Å². The van der Waals surface area contributed by atoms with Gasteiger partial charge in [-0.2, -0.15) is 0 Å². The molecule has 0 radical (unpaired) electrons. The second-order valence-electron chi connectivity index (χ2n) is 5.42. The third-order valence-electron chi connectivity index (χ3n) is 4.12. The fraction of sp³-hybridized carbons (Fsp3) is 0.0526. The van der Waals surface area contributed by atoms with Crippen LogP contribution in [0.2, 0.25) is 0 Å². The number of aromatic nitrogens is 2. The maximum atomic E-state index is 11.2. The minimum absolute atomic E-state index is 0.723. The second-order valence-corrected chi connectivity index (χ2v) is 5.42. The van der Waals surface area contributed by atoms with Crippen molar-refractivity contribution in [3.63, 3.8) is 0 Å². The highest BCUT2D eigenvalue weighted by atomic mass is 16.1. The molecule has 0 saturated heterocycles. The molecule has 0 saturated carbocycles. The highest BCUT2D eigenvalue weighted by Crippen LogP contribution is 2.31. The molecule has 4 rings (SSSR count). The van der Waals surface area contributed by atoms with E-state index in [4.69, 9.17) is 0 Å². The van der Waals surface area contributed by atoms with Crippen LogP contribution in [0.3, 0.4) is 0 Å². The van der Waals surface area contributed by atoms with Crippen LogP contribution in [-0.4, -0.2) is 15.8 Å². The fourth-order valence-corrected chi connectivity index (χ4v) is 2.97. The predicted molar refractivity (Wildman–Crippen MR) is 89.0 cm³/mol. The van der Waals surface area contributed by atoms with E-state index < -0.39 is 0 Å². The van der Waals surface area contributed by atoms with Crippen LogP contribution in [0.4, 0.5) is 0 Å². The van der Waals surface area contributed by atoms with Crippen LogP contribution in [0.1, 0.15) is 10.4 Å². The van der Waals surface area contributed by atoms with Crippen molar-refractivity contribution in [1.29, 1.82) is 0 Å². The largest absolute Gasteiger partial charge is 0.334 e. The fourth-order valence-electron chi connectivity index (χ4n) is 2.97. The molecule has 3 heteroatoms. The van der Waals surface area contributed by atoms with Gasteiger partial charge in [-0.1, -0.05) is 42.5 Å². The van der Waals surface area contributed by atoms with Crippen LogP contribution >= 0.6 is 0 Å². The standard InChI is InChI=1S/C19H14N2O/c1-21-12-20-18-9-7-13(10-19(18)21)16-8-6-14(11-22)15-4-2-3-5-17(15)16/h2-12H,1H3. The lowest BCUT2D eigenvalue weighted by Gasteiger charge is -2.09. The zero-order valence-electron chi connectivity index (χ0n) is 12.2. The topological polar surface area (TPSA) is 34.9 Å². The van der Waals surface area contributed by atoms with Crippen molar-refractivity contribution in [2.24, 2.45) is 7.05 Å². The summed E-state index contributed by atoms with van der Waals surface area (Å²) >= 11 is 0. The SMILES string of the molecule is Cn1cnc2ccc(-c3ccc(C=O)c4ccccc34)cc21. The van der Waals surface area contributed by atoms with Gasteiger partial charge in [-0.25, -0.2) is 4.98 Å². The van der Waals surface area contributed by atoms with Gasteiger partial charge in [0.15, 0.2) is 6.29 Å². The average Bonchev–Trinajstić information content (AvgIpc) is 2.94. The molecule has 0 amide bonds. The molecule has 0 aliphatic heterocycles. The Kier molecular flexibility index (Phi) is 2.79. The van der Waals surface area contributed by atoms with Gasteiger partial charge in [0.05, 0.1) is 17.4 Å². The van der Waals surface area contributed by atoms with Crippen LogP contribution < -0.4 is 0 Å². The zero-order valence-corrected chi connectivity index (χ0v) is 12.2. The van der Waals surface area contributed by atoms with E-state index in [0.717, 1.165) is 44.8 Å². The van der Waals surface area contributed by atoms with E-state index in [-0.39, 0.29) is 0 Å². The molecule has 1 heterocycles. The van der Waals surface area contributed by atoms with Gasteiger partial charge in [-0.3, -0.25) is 4.79 Å². The number of hydrogen-bond donors (Lipinski definition) is 0. The van der Waals surface area contributed by atoms with Gasteiger partial charge in [0, 0.05) is 12.6 Å². The van der Waals surface area contributed by atoms with Crippen LogP contribution in [0.25, 0.3) is 32.9 Å². The first-order valence-corrected chi connectivity index (χ1v) is 7.16. The predicted octanol–water partition coefficient (Wildman–Crippen LogP) is 4.21. The molecule has 0 unspecified atom stereocenters. The highest BCUT2D eigenvalue weighted by molar-refractivity contribution is 6.05. The van der Waals surface area contributed by atoms with E-state index in [1.54, 1.807) is 0 Å². The summed E-state index contributed by atoms with van der Waals surface area (Å²) in [6, 6.07) is 18.2. The van der Waals surface area contributed by atoms with Crippen molar-refractivity contribution in [3.8, 4) is 11.1 Å². The van der Waals surface area contributed by atoms with Crippen molar-refractivity contribution < 1.29 is 4.79 Å². The van der Waals surface area contributed by atoms with E-state index in [9.17, 15) is 4.79 Å². The molecule has 0 aliphatic rings. The number of carbonyl (C=O) groups is 1. The number of aryl methyl sites for hydroxylation is 1. The minimum atomic E-state index is 0.723. The number of hydrogen-bond acceptors (Lipinski definition) is 2. The van der Waals surface area contributed by atoms with E-state index in [2.05, 4.69) is 23.2 Å². The molecular formula is C19H14N2O. The lowest BCUT2D eigenvalue weighted by molar-refractivity contribution is 0.112. The summed E-state index contributed by atoms with van der Waals surface area (Å²) in [5, 5.41) is 2.08. The van der Waals surface area contributed by atoms with Crippen LogP contribution in [0.5, 0.6) is 0 Å². The molecule has 3 nitrogen and oxygen atoms in total. The van der Waals surface area contributed by atoms with Crippen LogP contribution in [0, 0.1) is 0 Å². The lowest BCUT2D eigenvalue weighted by atomic mass is 9.95. The lowest BCUT2D eigenvalue weighted by Crippen LogP contribution is -1.89. The van der Waals surface area contributed by atoms with Crippen molar-refractivity contribution in [3.05, 3.63) is 66.5 Å². The van der Waals surface area contributed by atoms with E-state index in [1.165, 1.54) is 0 Å². The van der Waals surface area contributed by atoms with Crippen LogP contribution in [-0.2, 0) is 7.05 Å². The summed E-state index contributed by atoms with van der Waals surface area (Å²) in [7, 11) is 1.99. The summed E-state index contributed by atoms with van der Waals surface area (Å²) in [4.78, 5) is 15.6. The summed E-state index contributed by atoms with van der Waals surface area (Å²) in [5.74, 6) is 0. The number of rotatable bonds is 2. The molecule has 0 N–H and O–H groups in total. The second kappa shape index (κ2) is 4.81. The Morgan fingerprint density at radius 3 is 2.64 bits per heavy atom. The van der Waals surface area contributed by atoms with Gasteiger partial charge in [0.1, 0.15) is 0 Å². The minimum Gasteiger partial charge on any atom is -0.334 e. The number of fused-ring (bicyclic) bond motifs is 2. The smallest absolute Gasteiger partial charge is 0.150 e. The molecule has 0 fully saturated rings. The summed E-state index contributed by atoms with van der Waals surface area (Å²) in [6.45, 7) is 0. The summed E-state index contributed by atoms with van der Waals surface area (Å²) < 4.78 is 2.01. The number of nitrogens with zero attached hydrogens (tertiary/aromatic N) is 2. The third kappa shape index (κ3) is 1.83. The number of aldehydes is 1. The van der Waals surface area contributed by atoms with Gasteiger partial charge in [0.2, 0.25) is 0 Å². The molecule has 0 bridgehead atoms. The Morgan fingerprint density at radius 1 is 1.00 bits per heavy atom. The molecule has 0 aliphatic carbocycles. The molecule has 1 aromatic heterocycles. The maximum absolute atomic E-state index is 11.2. The summed E-state index contributed by atoms with van der Waals surface area (Å²) in [5.41, 5.74) is 5.07. The third-order valence-corrected chi connectivity index (χ3v) is 4.12. The van der Waals surface area contributed by atoms with E-state index in [1.807, 2.05) is 54.3 Å². The van der Waals surface area contributed by atoms with Crippen molar-refractivity contribution >= 4 is 28.1 Å². The monoisotopic (exact) mass is 286 g/mol. The number of carbonyl (C=O) groups excluding carboxylic acids is 1. The molecular weight excluding hydrogens is 272 g/mol. The van der Waals surface area contributed by atoms with Gasteiger partial charge in [-0.05, 0) is 34.0 Å². The van der Waals surface area contributed by atoms with Crippen molar-refractivity contribution in [2.75, 3.05) is 0 Å². The molecule has 3 aromatic carbocycles. The molecule has 0 spiro atoms. The molecule has 106 valence electrons. The molecule has 0 atom stereocenters. The van der Waals surface area contributed by atoms with Gasteiger partial charge < -0.3 is 4.57 Å². The molecule has 22 heavy (non-hydrogen) atoms. The highest BCUT2D eigenvalue weighted by Gasteiger charge is 2.09. The quantitative estimate of drug-likeness (QED) is 0.517. The van der Waals surface area contributed by atoms with Gasteiger partial charge in [0.25, 0.3) is 0 Å². The Balaban J connectivity index is 2.03. The van der Waals surface area contributed by atoms with Crippen LogP contribution in [0.15, 0.2) is 60.9 Å². The normalized spacial score (nSPS) is 11.1. The van der Waals surface area contributed by atoms with Gasteiger partial charge in [-0.15, -0.1) is 0 Å². The Hall–Kier alpha value is -2.94. The maximum Gasteiger partial charge on any atom is 0.150 e. The summed E-state index contributed by atoms with van der Waals surface area (Å²) in [6.07, 6.45) is 2.73. The average molecular weight is 286 g/mol. The number of benzene rings is 3. The Bertz CT molecular complexity index is 1010. The zero-order chi connectivity index (χ0) is 15.1. The van der Waals surface area contributed by atoms with E-state index in [0.29, 0.717) is 0 Å². The first-order chi connectivity index (χ1) is 10.8. The first-order valence-electron chi connectivity index (χ1n) is 7.16. The van der Waals surface area contributed by atoms with Gasteiger partial charge >= 0.3 is 0 Å². The number of imidazole rings is 1. The first kappa shape index (κ1) is 12.8. The molecule has 4 aromatic rings. The van der Waals surface area contributed by atoms with Crippen molar-refractivity contribution in [2.45, 2.75) is 0 Å². The van der Waals surface area contributed by atoms with E-state index >= 15 is 0 Å².